The molecule has 3 nitrogen and oxygen atoms in total. The van der Waals surface area contributed by atoms with E-state index in [-0.39, 0.29) is 0 Å². The highest BCUT2D eigenvalue weighted by molar-refractivity contribution is 7.87. The molecule has 0 spiro atoms. The minimum Gasteiger partial charge on any atom is -0.265 e. The van der Waals surface area contributed by atoms with Crippen molar-refractivity contribution in [2.24, 2.45) is 0 Å². The maximum absolute atomic E-state index is 12.8. The van der Waals surface area contributed by atoms with Gasteiger partial charge in [-0.25, -0.2) is 4.39 Å². The Morgan fingerprint density at radius 3 is 2.50 bits per heavy atom. The van der Waals surface area contributed by atoms with E-state index in [0.29, 0.717) is 0 Å². The van der Waals surface area contributed by atoms with E-state index >= 15 is 0 Å². The Hall–Kier alpha value is -0.600. The summed E-state index contributed by atoms with van der Waals surface area (Å²) in [6.45, 7) is -0.550. The Balaban J connectivity index is 2.89. The monoisotopic (exact) mass is 164 g/mol. The van der Waals surface area contributed by atoms with Crippen LogP contribution in [0.25, 0.3) is 0 Å². The minimum atomic E-state index is -3.68. The fraction of sp³-hybridized carbons (Fsp3) is 0.600. The quantitative estimate of drug-likeness (QED) is 0.364. The summed E-state index contributed by atoms with van der Waals surface area (Å²) in [6.07, 6.45) is 4.72. The predicted octanol–water partition coefficient (Wildman–Crippen LogP) is -0.312. The number of halogens is 1. The molecule has 1 unspecified atom stereocenters. The van der Waals surface area contributed by atoms with Crippen LogP contribution >= 0.6 is 0 Å². The van der Waals surface area contributed by atoms with E-state index in [1.54, 1.807) is 5.92 Å². The average Bonchev–Trinajstić information content (AvgIpc) is 2.08. The fourth-order valence-electron chi connectivity index (χ4n) is 0.630. The first-order valence-corrected chi connectivity index (χ1v) is 4.09. The smallest absolute Gasteiger partial charge is 0.265 e. The van der Waals surface area contributed by atoms with Crippen molar-refractivity contribution in [3.05, 3.63) is 0 Å². The normalized spacial score (nSPS) is 37.2. The Morgan fingerprint density at radius 2 is 2.30 bits per heavy atom. The first-order valence-electron chi connectivity index (χ1n) is 2.51. The molecule has 0 amide bonds. The van der Waals surface area contributed by atoms with Gasteiger partial charge in [-0.15, -0.1) is 6.42 Å². The van der Waals surface area contributed by atoms with E-state index in [1.807, 2.05) is 0 Å². The molecule has 1 aliphatic heterocycles. The van der Waals surface area contributed by atoms with E-state index in [4.69, 9.17) is 6.42 Å². The molecule has 1 atom stereocenters. The zero-order chi connectivity index (χ0) is 7.83. The summed E-state index contributed by atoms with van der Waals surface area (Å²) in [5, 5.41) is 0. The first-order chi connectivity index (χ1) is 4.47. The van der Waals surface area contributed by atoms with Crippen molar-refractivity contribution in [1.82, 2.24) is 0 Å². The molecule has 0 bridgehead atoms. The van der Waals surface area contributed by atoms with Gasteiger partial charge in [-0.2, -0.15) is 8.42 Å². The topological polar surface area (TPSA) is 43.4 Å². The molecule has 0 aromatic heterocycles. The average molecular weight is 164 g/mol. The lowest BCUT2D eigenvalue weighted by Crippen LogP contribution is -2.24. The Kier molecular flexibility index (Phi) is 1.46. The molecule has 1 saturated heterocycles. The molecule has 0 saturated carbocycles. The summed E-state index contributed by atoms with van der Waals surface area (Å²) in [6, 6.07) is 0. The molecule has 1 aliphatic rings. The molecular weight excluding hydrogens is 159 g/mol. The van der Waals surface area contributed by atoms with Crippen LogP contribution in [0, 0.1) is 12.3 Å². The summed E-state index contributed by atoms with van der Waals surface area (Å²) < 4.78 is 37.8. The van der Waals surface area contributed by atoms with Crippen LogP contribution in [0.1, 0.15) is 0 Å². The van der Waals surface area contributed by atoms with E-state index in [9.17, 15) is 12.8 Å². The molecular formula is C5H5FO3S. The molecule has 1 heterocycles. The Bertz CT molecular complexity index is 276. The van der Waals surface area contributed by atoms with E-state index in [2.05, 4.69) is 4.18 Å². The third-order valence-corrected chi connectivity index (χ3v) is 2.42. The molecule has 0 aromatic rings. The maximum atomic E-state index is 12.8. The summed E-state index contributed by atoms with van der Waals surface area (Å²) in [5.41, 5.74) is -2.11. The van der Waals surface area contributed by atoms with Gasteiger partial charge in [0, 0.05) is 0 Å². The number of alkyl halides is 1. The molecule has 5 heteroatoms. The number of hydrogen-bond acceptors (Lipinski definition) is 3. The summed E-state index contributed by atoms with van der Waals surface area (Å²) in [7, 11) is -3.68. The molecule has 1 fully saturated rings. The van der Waals surface area contributed by atoms with Crippen molar-refractivity contribution in [2.75, 3.05) is 12.4 Å². The van der Waals surface area contributed by atoms with Gasteiger partial charge in [0.25, 0.3) is 10.1 Å². The van der Waals surface area contributed by atoms with Crippen molar-refractivity contribution >= 4 is 10.1 Å². The lowest BCUT2D eigenvalue weighted by atomic mass is 10.2. The van der Waals surface area contributed by atoms with Gasteiger partial charge >= 0.3 is 0 Å². The van der Waals surface area contributed by atoms with Crippen LogP contribution in [0.2, 0.25) is 0 Å². The SMILES string of the molecule is C#CC1(F)COS(=O)(=O)C1. The van der Waals surface area contributed by atoms with Crippen LogP contribution in [0.4, 0.5) is 4.39 Å². The minimum absolute atomic E-state index is 0.550. The van der Waals surface area contributed by atoms with Crippen LogP contribution in [-0.2, 0) is 14.3 Å². The zero-order valence-electron chi connectivity index (χ0n) is 5.00. The van der Waals surface area contributed by atoms with Gasteiger partial charge in [-0.3, -0.25) is 4.18 Å². The lowest BCUT2D eigenvalue weighted by Gasteiger charge is -2.02. The lowest BCUT2D eigenvalue weighted by molar-refractivity contribution is 0.202. The second kappa shape index (κ2) is 1.94. The second-order valence-corrected chi connectivity index (χ2v) is 3.71. The van der Waals surface area contributed by atoms with Crippen LogP contribution in [0.5, 0.6) is 0 Å². The molecule has 0 radical (unpaired) electrons. The van der Waals surface area contributed by atoms with Crippen LogP contribution in [0.15, 0.2) is 0 Å². The van der Waals surface area contributed by atoms with Crippen molar-refractivity contribution in [2.45, 2.75) is 5.67 Å². The molecule has 10 heavy (non-hydrogen) atoms. The molecule has 0 aromatic carbocycles. The fourth-order valence-corrected chi connectivity index (χ4v) is 1.81. The van der Waals surface area contributed by atoms with Gasteiger partial charge in [0.2, 0.25) is 5.67 Å². The van der Waals surface area contributed by atoms with Crippen molar-refractivity contribution in [3.8, 4) is 12.3 Å². The standard InChI is InChI=1S/C5H5FO3S/c1-2-5(6)3-9-10(7,8)4-5/h1H,3-4H2. The summed E-state index contributed by atoms with van der Waals surface area (Å²) in [4.78, 5) is 0. The van der Waals surface area contributed by atoms with Gasteiger partial charge in [0.1, 0.15) is 12.4 Å². The predicted molar refractivity (Wildman–Crippen MR) is 32.4 cm³/mol. The number of hydrogen-bond donors (Lipinski definition) is 0. The molecule has 0 N–H and O–H groups in total. The second-order valence-electron chi connectivity index (χ2n) is 2.07. The van der Waals surface area contributed by atoms with E-state index < -0.39 is 28.1 Å². The zero-order valence-corrected chi connectivity index (χ0v) is 5.82. The third-order valence-electron chi connectivity index (χ3n) is 1.13. The van der Waals surface area contributed by atoms with Gasteiger partial charge < -0.3 is 0 Å². The van der Waals surface area contributed by atoms with Gasteiger partial charge in [-0.1, -0.05) is 5.92 Å². The molecule has 0 aliphatic carbocycles. The highest BCUT2D eigenvalue weighted by Crippen LogP contribution is 2.22. The third kappa shape index (κ3) is 1.28. The van der Waals surface area contributed by atoms with Crippen LogP contribution < -0.4 is 0 Å². The van der Waals surface area contributed by atoms with E-state index in [1.165, 1.54) is 0 Å². The first kappa shape index (κ1) is 7.51. The molecule has 56 valence electrons. The van der Waals surface area contributed by atoms with Crippen LogP contribution in [-0.4, -0.2) is 26.4 Å². The van der Waals surface area contributed by atoms with Crippen LogP contribution in [0.3, 0.4) is 0 Å². The van der Waals surface area contributed by atoms with Crippen molar-refractivity contribution in [1.29, 1.82) is 0 Å². The van der Waals surface area contributed by atoms with Crippen molar-refractivity contribution in [3.63, 3.8) is 0 Å². The summed E-state index contributed by atoms with van der Waals surface area (Å²) in [5.74, 6) is 0.999. The van der Waals surface area contributed by atoms with E-state index in [0.717, 1.165) is 0 Å². The largest absolute Gasteiger partial charge is 0.271 e. The molecule has 1 rings (SSSR count). The van der Waals surface area contributed by atoms with Gasteiger partial charge in [-0.05, 0) is 0 Å². The van der Waals surface area contributed by atoms with Gasteiger partial charge in [0.15, 0.2) is 0 Å². The summed E-state index contributed by atoms with van der Waals surface area (Å²) >= 11 is 0. The Morgan fingerprint density at radius 1 is 1.70 bits per heavy atom. The Labute approximate surface area is 58.3 Å². The number of terminal acetylenes is 1. The highest BCUT2D eigenvalue weighted by Gasteiger charge is 2.42. The number of rotatable bonds is 0. The van der Waals surface area contributed by atoms with Crippen molar-refractivity contribution < 1.29 is 17.0 Å². The maximum Gasteiger partial charge on any atom is 0.271 e. The van der Waals surface area contributed by atoms with Gasteiger partial charge in [0.05, 0.1) is 0 Å². The highest BCUT2D eigenvalue weighted by atomic mass is 32.2.